The van der Waals surface area contributed by atoms with Crippen molar-refractivity contribution in [3.63, 3.8) is 0 Å². The van der Waals surface area contributed by atoms with Gasteiger partial charge in [-0.25, -0.2) is 0 Å². The lowest BCUT2D eigenvalue weighted by atomic mass is 9.45. The third-order valence-electron chi connectivity index (χ3n) is 9.42. The van der Waals surface area contributed by atoms with Crippen LogP contribution < -0.4 is 0 Å². The number of Topliss-reactive ketones (excluding diaryl/α,β-unsaturated/α-hetero) is 1. The van der Waals surface area contributed by atoms with E-state index in [1.807, 2.05) is 6.92 Å². The monoisotopic (exact) mass is 462 g/mol. The lowest BCUT2D eigenvalue weighted by molar-refractivity contribution is -0.184. The van der Waals surface area contributed by atoms with Crippen molar-refractivity contribution in [2.24, 2.45) is 28.6 Å². The maximum absolute atomic E-state index is 13.1. The van der Waals surface area contributed by atoms with Crippen LogP contribution in [0.15, 0.2) is 11.6 Å². The van der Waals surface area contributed by atoms with Gasteiger partial charge in [0.15, 0.2) is 12.4 Å². The molecule has 3 fully saturated rings. The maximum atomic E-state index is 13.1. The van der Waals surface area contributed by atoms with Crippen LogP contribution in [0.5, 0.6) is 0 Å². The van der Waals surface area contributed by atoms with Crippen LogP contribution >= 0.6 is 0 Å². The van der Waals surface area contributed by atoms with Gasteiger partial charge in [-0.1, -0.05) is 19.4 Å². The van der Waals surface area contributed by atoms with E-state index in [0.717, 1.165) is 24.8 Å². The van der Waals surface area contributed by atoms with Gasteiger partial charge in [0, 0.05) is 11.8 Å². The number of carboxylic acids is 1. The number of hydrogen-bond donors (Lipinski definition) is 3. The second-order valence-corrected chi connectivity index (χ2v) is 11.0. The molecule has 3 unspecified atom stereocenters. The van der Waals surface area contributed by atoms with E-state index in [9.17, 15) is 29.4 Å². The normalized spacial score (nSPS) is 41.9. The molecule has 0 aromatic rings. The van der Waals surface area contributed by atoms with Crippen molar-refractivity contribution in [2.75, 3.05) is 6.61 Å². The average molecular weight is 463 g/mol. The van der Waals surface area contributed by atoms with Crippen LogP contribution in [0.1, 0.15) is 71.6 Å². The van der Waals surface area contributed by atoms with E-state index in [4.69, 9.17) is 9.84 Å². The van der Waals surface area contributed by atoms with Crippen LogP contribution in [0.2, 0.25) is 0 Å². The molecular weight excluding hydrogens is 428 g/mol. The predicted molar refractivity (Wildman–Crippen MR) is 116 cm³/mol. The minimum Gasteiger partial charge on any atom is -0.481 e. The Kier molecular flexibility index (Phi) is 6.06. The molecule has 33 heavy (non-hydrogen) atoms. The second kappa shape index (κ2) is 8.31. The molecule has 0 aromatic heterocycles. The van der Waals surface area contributed by atoms with E-state index in [2.05, 4.69) is 6.92 Å². The van der Waals surface area contributed by atoms with Gasteiger partial charge in [-0.3, -0.25) is 19.2 Å². The molecule has 7 atom stereocenters. The van der Waals surface area contributed by atoms with Gasteiger partial charge in [0.2, 0.25) is 5.78 Å². The van der Waals surface area contributed by atoms with E-state index < -0.39 is 41.4 Å². The molecule has 182 valence electrons. The fourth-order valence-corrected chi connectivity index (χ4v) is 7.70. The standard InChI is InChI=1S/C25H34O8/c1-23-9-7-15(26)11-14(23)3-4-16-17-8-10-25(32,24(17,2)12-18(27)22(16)23)19(28)13-33-21(31)6-5-20(29)30/h11,16-18,22,27,32H,3-10,12-13H2,1-2H3,(H,29,30)/t16?,17?,18-,22?,23-,24-,25-/m0/s1. The maximum Gasteiger partial charge on any atom is 0.306 e. The van der Waals surface area contributed by atoms with Crippen molar-refractivity contribution in [3.8, 4) is 0 Å². The third-order valence-corrected chi connectivity index (χ3v) is 9.42. The van der Waals surface area contributed by atoms with Gasteiger partial charge in [-0.15, -0.1) is 0 Å². The molecule has 0 bridgehead atoms. The highest BCUT2D eigenvalue weighted by molar-refractivity contribution is 5.92. The SMILES string of the molecule is C[C@]12CCC(=O)C=C1CCC1C2[C@@H](O)C[C@@]2(C)C1CC[C@]2(O)C(=O)COC(=O)CCC(=O)O. The molecule has 0 spiro atoms. The summed E-state index contributed by atoms with van der Waals surface area (Å²) in [5.74, 6) is -2.20. The number of aliphatic hydroxyl groups excluding tert-OH is 1. The fourth-order valence-electron chi connectivity index (χ4n) is 7.70. The summed E-state index contributed by atoms with van der Waals surface area (Å²) in [6.45, 7) is 3.41. The van der Waals surface area contributed by atoms with Crippen molar-refractivity contribution in [2.45, 2.75) is 83.3 Å². The number of carboxylic acid groups (broad SMARTS) is 1. The molecular formula is C25H34O8. The largest absolute Gasteiger partial charge is 0.481 e. The number of rotatable bonds is 6. The lowest BCUT2D eigenvalue weighted by Crippen LogP contribution is -2.62. The highest BCUT2D eigenvalue weighted by Gasteiger charge is 2.68. The molecule has 8 nitrogen and oxygen atoms in total. The topological polar surface area (TPSA) is 138 Å². The van der Waals surface area contributed by atoms with E-state index in [0.29, 0.717) is 12.8 Å². The fraction of sp³-hybridized carbons (Fsp3) is 0.760. The average Bonchev–Trinajstić information content (AvgIpc) is 3.02. The van der Waals surface area contributed by atoms with Crippen molar-refractivity contribution >= 4 is 23.5 Å². The number of allylic oxidation sites excluding steroid dienone is 1. The van der Waals surface area contributed by atoms with Gasteiger partial charge in [0.25, 0.3) is 0 Å². The summed E-state index contributed by atoms with van der Waals surface area (Å²) in [5, 5.41) is 31.6. The first kappa shape index (κ1) is 24.1. The number of hydrogen-bond acceptors (Lipinski definition) is 7. The third kappa shape index (κ3) is 3.75. The molecule has 0 heterocycles. The minimum atomic E-state index is -1.71. The van der Waals surface area contributed by atoms with Crippen LogP contribution in [0.25, 0.3) is 0 Å². The quantitative estimate of drug-likeness (QED) is 0.511. The van der Waals surface area contributed by atoms with Gasteiger partial charge in [-0.05, 0) is 67.8 Å². The van der Waals surface area contributed by atoms with Crippen LogP contribution in [0.4, 0.5) is 0 Å². The first-order chi connectivity index (χ1) is 15.4. The van der Waals surface area contributed by atoms with Crippen LogP contribution in [-0.4, -0.2) is 57.1 Å². The lowest BCUT2D eigenvalue weighted by Gasteiger charge is -2.60. The number of fused-ring (bicyclic) bond motifs is 5. The van der Waals surface area contributed by atoms with Crippen LogP contribution in [0.3, 0.4) is 0 Å². The summed E-state index contributed by atoms with van der Waals surface area (Å²) in [7, 11) is 0. The smallest absolute Gasteiger partial charge is 0.306 e. The first-order valence-electron chi connectivity index (χ1n) is 12.0. The number of carbonyl (C=O) groups is 4. The Morgan fingerprint density at radius 3 is 2.55 bits per heavy atom. The number of ether oxygens (including phenoxy) is 1. The molecule has 0 amide bonds. The zero-order valence-corrected chi connectivity index (χ0v) is 19.3. The van der Waals surface area contributed by atoms with Crippen molar-refractivity contribution < 1.29 is 39.2 Å². The summed E-state index contributed by atoms with van der Waals surface area (Å²) in [4.78, 5) is 47.5. The Hall–Kier alpha value is -2.06. The molecule has 0 aromatic carbocycles. The molecule has 4 rings (SSSR count). The number of aliphatic carboxylic acids is 1. The molecule has 8 heteroatoms. The van der Waals surface area contributed by atoms with E-state index in [1.165, 1.54) is 0 Å². The summed E-state index contributed by atoms with van der Waals surface area (Å²) in [6, 6.07) is 0. The summed E-state index contributed by atoms with van der Waals surface area (Å²) < 4.78 is 4.97. The van der Waals surface area contributed by atoms with Crippen molar-refractivity contribution in [3.05, 3.63) is 11.6 Å². The summed E-state index contributed by atoms with van der Waals surface area (Å²) >= 11 is 0. The number of carbonyl (C=O) groups excluding carboxylic acids is 3. The minimum absolute atomic E-state index is 0.0185. The second-order valence-electron chi connectivity index (χ2n) is 11.0. The van der Waals surface area contributed by atoms with Crippen LogP contribution in [0, 0.1) is 28.6 Å². The van der Waals surface area contributed by atoms with Gasteiger partial charge in [0.1, 0.15) is 5.60 Å². The first-order valence-corrected chi connectivity index (χ1v) is 12.0. The number of esters is 1. The summed E-state index contributed by atoms with van der Waals surface area (Å²) in [5.41, 5.74) is -1.68. The predicted octanol–water partition coefficient (Wildman–Crippen LogP) is 2.20. The molecule has 4 aliphatic carbocycles. The highest BCUT2D eigenvalue weighted by Crippen LogP contribution is 2.67. The van der Waals surface area contributed by atoms with Gasteiger partial charge >= 0.3 is 11.9 Å². The Morgan fingerprint density at radius 2 is 1.85 bits per heavy atom. The number of aliphatic hydroxyl groups is 2. The van der Waals surface area contributed by atoms with Crippen LogP contribution in [-0.2, 0) is 23.9 Å². The zero-order chi connectivity index (χ0) is 24.2. The van der Waals surface area contributed by atoms with Gasteiger partial charge in [0.05, 0.1) is 18.9 Å². The Labute approximate surface area is 193 Å². The van der Waals surface area contributed by atoms with E-state index in [1.54, 1.807) is 6.08 Å². The molecule has 0 radical (unpaired) electrons. The molecule has 0 saturated heterocycles. The van der Waals surface area contributed by atoms with Gasteiger partial charge < -0.3 is 20.1 Å². The van der Waals surface area contributed by atoms with Crippen molar-refractivity contribution in [1.29, 1.82) is 0 Å². The van der Waals surface area contributed by atoms with E-state index in [-0.39, 0.29) is 54.6 Å². The van der Waals surface area contributed by atoms with Gasteiger partial charge in [-0.2, -0.15) is 0 Å². The molecule has 4 aliphatic rings. The molecule has 0 aliphatic heterocycles. The summed E-state index contributed by atoms with van der Waals surface area (Å²) in [6.07, 6.45) is 4.30. The molecule has 3 N–H and O–H groups in total. The van der Waals surface area contributed by atoms with E-state index >= 15 is 0 Å². The Balaban J connectivity index is 1.53. The highest BCUT2D eigenvalue weighted by atomic mass is 16.5. The molecule has 3 saturated carbocycles. The zero-order valence-electron chi connectivity index (χ0n) is 19.3. The Bertz CT molecular complexity index is 908. The van der Waals surface area contributed by atoms with Crippen molar-refractivity contribution in [1.82, 2.24) is 0 Å². The number of ketones is 2. The Morgan fingerprint density at radius 1 is 1.12 bits per heavy atom.